The Bertz CT molecular complexity index is 1170. The zero-order valence-corrected chi connectivity index (χ0v) is 21.6. The molecule has 1 amide bonds. The molecule has 0 aromatic heterocycles. The lowest BCUT2D eigenvalue weighted by Crippen LogP contribution is -2.46. The summed E-state index contributed by atoms with van der Waals surface area (Å²) in [5.41, 5.74) is 4.43. The number of halogens is 1. The van der Waals surface area contributed by atoms with Gasteiger partial charge in [-0.05, 0) is 60.4 Å². The van der Waals surface area contributed by atoms with E-state index in [1.54, 1.807) is 0 Å². The molecule has 1 fully saturated rings. The van der Waals surface area contributed by atoms with Crippen molar-refractivity contribution in [3.05, 3.63) is 70.4 Å². The fourth-order valence-corrected chi connectivity index (χ4v) is 6.01. The fraction of sp³-hybridized carbons (Fsp3) is 0.448. The van der Waals surface area contributed by atoms with Crippen LogP contribution < -0.4 is 10.2 Å². The summed E-state index contributed by atoms with van der Waals surface area (Å²) in [7, 11) is 0. The number of allylic oxidation sites excluding steroid dienone is 1. The van der Waals surface area contributed by atoms with Crippen molar-refractivity contribution in [3.8, 4) is 0 Å². The van der Waals surface area contributed by atoms with E-state index in [2.05, 4.69) is 31.0 Å². The van der Waals surface area contributed by atoms with Crippen molar-refractivity contribution in [2.75, 3.05) is 29.9 Å². The van der Waals surface area contributed by atoms with Crippen LogP contribution in [0, 0.1) is 11.3 Å². The maximum absolute atomic E-state index is 13.7. The Morgan fingerprint density at radius 3 is 2.60 bits per heavy atom. The van der Waals surface area contributed by atoms with Crippen LogP contribution in [-0.2, 0) is 9.59 Å². The van der Waals surface area contributed by atoms with Crippen molar-refractivity contribution < 1.29 is 9.59 Å². The number of para-hydroxylation sites is 2. The second-order valence-corrected chi connectivity index (χ2v) is 11.6. The molecule has 1 aliphatic carbocycles. The van der Waals surface area contributed by atoms with E-state index in [4.69, 9.17) is 11.6 Å². The molecule has 2 aliphatic heterocycles. The van der Waals surface area contributed by atoms with Crippen molar-refractivity contribution in [2.24, 2.45) is 11.3 Å². The summed E-state index contributed by atoms with van der Waals surface area (Å²) < 4.78 is 0. The van der Waals surface area contributed by atoms with Gasteiger partial charge in [0, 0.05) is 35.8 Å². The summed E-state index contributed by atoms with van der Waals surface area (Å²) >= 11 is 6.24. The number of hydrogen-bond acceptors (Lipinski definition) is 4. The lowest BCUT2D eigenvalue weighted by molar-refractivity contribution is -0.131. The van der Waals surface area contributed by atoms with Crippen LogP contribution in [0.1, 0.15) is 58.1 Å². The van der Waals surface area contributed by atoms with Crippen LogP contribution in [0.25, 0.3) is 0 Å². The highest BCUT2D eigenvalue weighted by atomic mass is 35.5. The first kappa shape index (κ1) is 23.9. The predicted octanol–water partition coefficient (Wildman–Crippen LogP) is 6.21. The standard InChI is InChI=1S/C29H34ClN3O2/c1-19-7-6-14-32(17-19)26(35)18-33-24-9-5-4-8-22(24)31-23-15-29(2,3)16-25(34)27(23)28(33)20-10-12-21(30)13-11-20/h4-5,8-13,19,28,31H,6-7,14-18H2,1-3H3. The maximum atomic E-state index is 13.7. The molecule has 184 valence electrons. The number of piperidine rings is 1. The van der Waals surface area contributed by atoms with Crippen LogP contribution in [0.15, 0.2) is 59.8 Å². The van der Waals surface area contributed by atoms with Crippen molar-refractivity contribution >= 4 is 34.7 Å². The number of anilines is 2. The summed E-state index contributed by atoms with van der Waals surface area (Å²) in [5, 5.41) is 4.26. The Morgan fingerprint density at radius 2 is 1.86 bits per heavy atom. The van der Waals surface area contributed by atoms with E-state index in [0.29, 0.717) is 17.4 Å². The number of benzene rings is 2. The van der Waals surface area contributed by atoms with Crippen LogP contribution in [-0.4, -0.2) is 36.2 Å². The van der Waals surface area contributed by atoms with E-state index < -0.39 is 0 Å². The number of hydrogen-bond donors (Lipinski definition) is 1. The summed E-state index contributed by atoms with van der Waals surface area (Å²) in [6, 6.07) is 15.4. The SMILES string of the molecule is CC1CCCN(C(=O)CN2c3ccccc3NC3=C(C(=O)CC(C)(C)C3)C2c2ccc(Cl)cc2)C1. The van der Waals surface area contributed by atoms with Gasteiger partial charge in [-0.25, -0.2) is 0 Å². The van der Waals surface area contributed by atoms with Gasteiger partial charge >= 0.3 is 0 Å². The van der Waals surface area contributed by atoms with Gasteiger partial charge in [0.1, 0.15) is 0 Å². The number of amides is 1. The second kappa shape index (κ2) is 9.34. The third-order valence-corrected chi connectivity index (χ3v) is 7.76. The average Bonchev–Trinajstić information content (AvgIpc) is 2.93. The number of carbonyl (C=O) groups excluding carboxylic acids is 2. The van der Waals surface area contributed by atoms with Crippen LogP contribution in [0.2, 0.25) is 5.02 Å². The quantitative estimate of drug-likeness (QED) is 0.554. The van der Waals surface area contributed by atoms with Gasteiger partial charge < -0.3 is 15.1 Å². The molecule has 2 atom stereocenters. The fourth-order valence-electron chi connectivity index (χ4n) is 5.88. The number of nitrogens with zero attached hydrogens (tertiary/aromatic N) is 2. The number of carbonyl (C=O) groups is 2. The normalized spacial score (nSPS) is 23.8. The van der Waals surface area contributed by atoms with Crippen LogP contribution in [0.4, 0.5) is 11.4 Å². The largest absolute Gasteiger partial charge is 0.357 e. The zero-order chi connectivity index (χ0) is 24.7. The topological polar surface area (TPSA) is 52.7 Å². The summed E-state index contributed by atoms with van der Waals surface area (Å²) in [6.45, 7) is 8.29. The minimum Gasteiger partial charge on any atom is -0.357 e. The maximum Gasteiger partial charge on any atom is 0.242 e. The number of nitrogens with one attached hydrogen (secondary N) is 1. The van der Waals surface area contributed by atoms with Gasteiger partial charge in [-0.3, -0.25) is 9.59 Å². The number of likely N-dealkylation sites (tertiary alicyclic amines) is 1. The van der Waals surface area contributed by atoms with Crippen LogP contribution in [0.3, 0.4) is 0 Å². The number of ketones is 1. The Hall–Kier alpha value is -2.79. The minimum absolute atomic E-state index is 0.109. The molecule has 2 unspecified atom stereocenters. The van der Waals surface area contributed by atoms with E-state index in [9.17, 15) is 9.59 Å². The highest BCUT2D eigenvalue weighted by Crippen LogP contribution is 2.48. The van der Waals surface area contributed by atoms with E-state index >= 15 is 0 Å². The van der Waals surface area contributed by atoms with Gasteiger partial charge in [0.25, 0.3) is 0 Å². The molecule has 2 aromatic carbocycles. The van der Waals surface area contributed by atoms with Gasteiger partial charge in [0.2, 0.25) is 5.91 Å². The summed E-state index contributed by atoms with van der Waals surface area (Å²) in [5.74, 6) is 0.757. The first-order valence-corrected chi connectivity index (χ1v) is 13.0. The van der Waals surface area contributed by atoms with Crippen molar-refractivity contribution in [1.29, 1.82) is 0 Å². The molecular formula is C29H34ClN3O2. The molecule has 5 rings (SSSR count). The van der Waals surface area contributed by atoms with E-state index in [-0.39, 0.29) is 29.7 Å². The first-order valence-electron chi connectivity index (χ1n) is 12.6. The average molecular weight is 492 g/mol. The molecule has 35 heavy (non-hydrogen) atoms. The molecule has 0 spiro atoms. The molecule has 2 heterocycles. The molecule has 6 heteroatoms. The molecule has 3 aliphatic rings. The van der Waals surface area contributed by atoms with Crippen LogP contribution >= 0.6 is 11.6 Å². The molecule has 1 saturated heterocycles. The van der Waals surface area contributed by atoms with Gasteiger partial charge in [-0.1, -0.05) is 56.6 Å². The molecule has 0 radical (unpaired) electrons. The molecule has 2 aromatic rings. The van der Waals surface area contributed by atoms with Crippen molar-refractivity contribution in [3.63, 3.8) is 0 Å². The Labute approximate surface area is 213 Å². The zero-order valence-electron chi connectivity index (χ0n) is 20.8. The van der Waals surface area contributed by atoms with Gasteiger partial charge in [0.05, 0.1) is 24.0 Å². The van der Waals surface area contributed by atoms with Gasteiger partial charge in [0.15, 0.2) is 5.78 Å². The first-order chi connectivity index (χ1) is 16.7. The van der Waals surface area contributed by atoms with Crippen molar-refractivity contribution in [2.45, 2.75) is 52.5 Å². The minimum atomic E-state index is -0.367. The third kappa shape index (κ3) is 4.84. The number of fused-ring (bicyclic) bond motifs is 1. The lowest BCUT2D eigenvalue weighted by Gasteiger charge is -2.39. The highest BCUT2D eigenvalue weighted by Gasteiger charge is 2.42. The molecule has 1 N–H and O–H groups in total. The summed E-state index contributed by atoms with van der Waals surface area (Å²) in [6.07, 6.45) is 3.46. The third-order valence-electron chi connectivity index (χ3n) is 7.51. The Kier molecular flexibility index (Phi) is 6.39. The smallest absolute Gasteiger partial charge is 0.242 e. The Morgan fingerprint density at radius 1 is 1.11 bits per heavy atom. The van der Waals surface area contributed by atoms with Gasteiger partial charge in [-0.2, -0.15) is 0 Å². The van der Waals surface area contributed by atoms with Crippen molar-refractivity contribution in [1.82, 2.24) is 4.90 Å². The van der Waals surface area contributed by atoms with Crippen LogP contribution in [0.5, 0.6) is 0 Å². The van der Waals surface area contributed by atoms with E-state index in [0.717, 1.165) is 60.6 Å². The highest BCUT2D eigenvalue weighted by molar-refractivity contribution is 6.30. The van der Waals surface area contributed by atoms with E-state index in [1.807, 2.05) is 53.4 Å². The summed E-state index contributed by atoms with van der Waals surface area (Å²) in [4.78, 5) is 31.5. The molecular weight excluding hydrogens is 458 g/mol. The second-order valence-electron chi connectivity index (χ2n) is 11.1. The van der Waals surface area contributed by atoms with E-state index in [1.165, 1.54) is 0 Å². The molecule has 0 saturated carbocycles. The predicted molar refractivity (Wildman–Crippen MR) is 142 cm³/mol. The Balaban J connectivity index is 1.64. The lowest BCUT2D eigenvalue weighted by atomic mass is 9.73. The monoisotopic (exact) mass is 491 g/mol. The van der Waals surface area contributed by atoms with Gasteiger partial charge in [-0.15, -0.1) is 0 Å². The molecule has 0 bridgehead atoms. The molecule has 5 nitrogen and oxygen atoms in total. The number of rotatable bonds is 3. The number of Topliss-reactive ketones (excluding diaryl/α,β-unsaturated/α-hetero) is 1.